The van der Waals surface area contributed by atoms with Crippen molar-refractivity contribution in [1.82, 2.24) is 4.98 Å². The molecule has 1 unspecified atom stereocenters. The number of methoxy groups -OCH3 is 1. The Morgan fingerprint density at radius 2 is 1.77 bits per heavy atom. The van der Waals surface area contributed by atoms with Crippen molar-refractivity contribution in [2.75, 3.05) is 12.0 Å². The van der Waals surface area contributed by atoms with Gasteiger partial charge in [0.1, 0.15) is 17.3 Å². The molecule has 3 aromatic rings. The third-order valence-electron chi connectivity index (χ3n) is 5.30. The molecular formula is C24H20N2O5. The fourth-order valence-corrected chi connectivity index (χ4v) is 3.78. The Hall–Kier alpha value is -4.13. The molecule has 0 radical (unpaired) electrons. The number of amides is 1. The molecule has 0 spiro atoms. The van der Waals surface area contributed by atoms with Crippen LogP contribution in [0, 0.1) is 6.92 Å². The van der Waals surface area contributed by atoms with Crippen molar-refractivity contribution in [1.29, 1.82) is 0 Å². The van der Waals surface area contributed by atoms with Gasteiger partial charge in [0.15, 0.2) is 0 Å². The molecule has 1 amide bonds. The molecule has 1 aromatic heterocycles. The second kappa shape index (κ2) is 7.95. The predicted molar refractivity (Wildman–Crippen MR) is 115 cm³/mol. The molecule has 1 atom stereocenters. The number of aliphatic hydroxyl groups excluding tert-OH is 1. The quantitative estimate of drug-likeness (QED) is 0.382. The number of ketones is 1. The minimum Gasteiger partial charge on any atom is -0.507 e. The Morgan fingerprint density at radius 1 is 1.06 bits per heavy atom. The number of carbonyl (C=O) groups excluding carboxylic acids is 2. The topological polar surface area (TPSA) is 100.0 Å². The van der Waals surface area contributed by atoms with E-state index in [0.717, 1.165) is 0 Å². The van der Waals surface area contributed by atoms with E-state index in [1.165, 1.54) is 18.1 Å². The number of aromatic hydroxyl groups is 1. The highest BCUT2D eigenvalue weighted by molar-refractivity contribution is 6.51. The van der Waals surface area contributed by atoms with Crippen LogP contribution in [0.3, 0.4) is 0 Å². The van der Waals surface area contributed by atoms with Crippen LogP contribution in [-0.4, -0.2) is 34.0 Å². The molecule has 1 fully saturated rings. The number of hydrogen-bond donors (Lipinski definition) is 2. The summed E-state index contributed by atoms with van der Waals surface area (Å²) < 4.78 is 5.21. The smallest absolute Gasteiger partial charge is 0.300 e. The van der Waals surface area contributed by atoms with Crippen molar-refractivity contribution in [2.24, 2.45) is 0 Å². The zero-order chi connectivity index (χ0) is 22.1. The molecule has 7 nitrogen and oxygen atoms in total. The predicted octanol–water partition coefficient (Wildman–Crippen LogP) is 3.73. The van der Waals surface area contributed by atoms with Crippen molar-refractivity contribution in [2.45, 2.75) is 13.0 Å². The third kappa shape index (κ3) is 3.40. The summed E-state index contributed by atoms with van der Waals surface area (Å²) in [6.45, 7) is 1.78. The van der Waals surface area contributed by atoms with E-state index in [2.05, 4.69) is 4.98 Å². The molecular weight excluding hydrogens is 396 g/mol. The molecule has 0 aliphatic carbocycles. The molecule has 1 aliphatic heterocycles. The number of aromatic nitrogens is 1. The molecule has 0 bridgehead atoms. The van der Waals surface area contributed by atoms with Crippen LogP contribution in [0.25, 0.3) is 5.76 Å². The number of para-hydroxylation sites is 2. The Morgan fingerprint density at radius 3 is 2.42 bits per heavy atom. The van der Waals surface area contributed by atoms with Gasteiger partial charge in [0.05, 0.1) is 24.4 Å². The standard InChI is InChI=1S/C24H20N2O5/c1-14-13-16(31-2)7-8-17(14)22(28)20-21(15-9-11-25-12-10-15)26(24(30)23(20)29)18-5-3-4-6-19(18)27/h3-13,21,27-28H,1-2H3/b22-20-. The van der Waals surface area contributed by atoms with Gasteiger partial charge >= 0.3 is 0 Å². The summed E-state index contributed by atoms with van der Waals surface area (Å²) in [5.74, 6) is -1.51. The van der Waals surface area contributed by atoms with E-state index < -0.39 is 17.7 Å². The van der Waals surface area contributed by atoms with Crippen LogP contribution in [0.5, 0.6) is 11.5 Å². The van der Waals surface area contributed by atoms with E-state index in [4.69, 9.17) is 4.74 Å². The lowest BCUT2D eigenvalue weighted by Gasteiger charge is -2.26. The maximum absolute atomic E-state index is 13.1. The van der Waals surface area contributed by atoms with Gasteiger partial charge in [-0.1, -0.05) is 12.1 Å². The highest BCUT2D eigenvalue weighted by atomic mass is 16.5. The van der Waals surface area contributed by atoms with Gasteiger partial charge in [-0.3, -0.25) is 19.5 Å². The van der Waals surface area contributed by atoms with E-state index in [0.29, 0.717) is 22.4 Å². The molecule has 4 rings (SSSR count). The summed E-state index contributed by atoms with van der Waals surface area (Å²) in [5, 5.41) is 21.6. The summed E-state index contributed by atoms with van der Waals surface area (Å²) in [7, 11) is 1.54. The lowest BCUT2D eigenvalue weighted by atomic mass is 9.94. The molecule has 31 heavy (non-hydrogen) atoms. The van der Waals surface area contributed by atoms with Crippen LogP contribution in [0.1, 0.15) is 22.7 Å². The lowest BCUT2D eigenvalue weighted by molar-refractivity contribution is -0.132. The van der Waals surface area contributed by atoms with Gasteiger partial charge in [0, 0.05) is 18.0 Å². The first-order valence-electron chi connectivity index (χ1n) is 9.58. The fourth-order valence-electron chi connectivity index (χ4n) is 3.78. The highest BCUT2D eigenvalue weighted by Gasteiger charge is 2.47. The first kappa shape index (κ1) is 20.2. The largest absolute Gasteiger partial charge is 0.507 e. The first-order chi connectivity index (χ1) is 14.9. The van der Waals surface area contributed by atoms with E-state index >= 15 is 0 Å². The van der Waals surface area contributed by atoms with E-state index in [1.54, 1.807) is 67.8 Å². The Bertz CT molecular complexity index is 1200. The minimum atomic E-state index is -0.933. The number of pyridine rings is 1. The zero-order valence-electron chi connectivity index (χ0n) is 16.9. The Balaban J connectivity index is 1.96. The number of benzene rings is 2. The van der Waals surface area contributed by atoms with Crippen LogP contribution >= 0.6 is 0 Å². The zero-order valence-corrected chi connectivity index (χ0v) is 16.9. The van der Waals surface area contributed by atoms with Crippen molar-refractivity contribution in [3.05, 3.63) is 89.3 Å². The molecule has 1 saturated heterocycles. The Labute approximate surface area is 178 Å². The lowest BCUT2D eigenvalue weighted by Crippen LogP contribution is -2.29. The van der Waals surface area contributed by atoms with Gasteiger partial charge in [-0.05, 0) is 60.5 Å². The number of phenolic OH excluding ortho intramolecular Hbond substituents is 1. The maximum Gasteiger partial charge on any atom is 0.300 e. The van der Waals surface area contributed by atoms with Crippen LogP contribution in [0.2, 0.25) is 0 Å². The number of nitrogens with zero attached hydrogens (tertiary/aromatic N) is 2. The average molecular weight is 416 g/mol. The maximum atomic E-state index is 13.1. The summed E-state index contributed by atoms with van der Waals surface area (Å²) in [5.41, 5.74) is 1.78. The van der Waals surface area contributed by atoms with Gasteiger partial charge in [-0.2, -0.15) is 0 Å². The van der Waals surface area contributed by atoms with Gasteiger partial charge in [-0.15, -0.1) is 0 Å². The van der Waals surface area contributed by atoms with Crippen LogP contribution in [0.4, 0.5) is 5.69 Å². The molecule has 156 valence electrons. The summed E-state index contributed by atoms with van der Waals surface area (Å²) in [6, 6.07) is 13.7. The van der Waals surface area contributed by atoms with Crippen LogP contribution in [-0.2, 0) is 9.59 Å². The number of hydrogen-bond acceptors (Lipinski definition) is 6. The fraction of sp³-hybridized carbons (Fsp3) is 0.125. The van der Waals surface area contributed by atoms with Crippen LogP contribution < -0.4 is 9.64 Å². The number of rotatable bonds is 4. The van der Waals surface area contributed by atoms with Gasteiger partial charge in [0.25, 0.3) is 11.7 Å². The molecule has 0 saturated carbocycles. The van der Waals surface area contributed by atoms with Crippen LogP contribution in [0.15, 0.2) is 72.6 Å². The molecule has 2 aromatic carbocycles. The van der Waals surface area contributed by atoms with E-state index in [-0.39, 0.29) is 22.8 Å². The number of aliphatic hydroxyl groups is 1. The summed E-state index contributed by atoms with van der Waals surface area (Å²) in [4.78, 5) is 31.4. The second-order valence-electron chi connectivity index (χ2n) is 7.12. The van der Waals surface area contributed by atoms with E-state index in [1.807, 2.05) is 0 Å². The number of phenols is 1. The monoisotopic (exact) mass is 416 g/mol. The van der Waals surface area contributed by atoms with Crippen molar-refractivity contribution in [3.8, 4) is 11.5 Å². The number of Topliss-reactive ketones (excluding diaryl/α,β-unsaturated/α-hetero) is 1. The van der Waals surface area contributed by atoms with Gasteiger partial charge in [-0.25, -0.2) is 0 Å². The number of ether oxygens (including phenoxy) is 1. The molecule has 1 aliphatic rings. The summed E-state index contributed by atoms with van der Waals surface area (Å²) >= 11 is 0. The van der Waals surface area contributed by atoms with E-state index in [9.17, 15) is 19.8 Å². The summed E-state index contributed by atoms with van der Waals surface area (Å²) in [6.07, 6.45) is 3.08. The first-order valence-corrected chi connectivity index (χ1v) is 9.58. The van der Waals surface area contributed by atoms with Crippen molar-refractivity contribution < 1.29 is 24.5 Å². The number of anilines is 1. The van der Waals surface area contributed by atoms with Gasteiger partial charge in [0.2, 0.25) is 0 Å². The molecule has 2 N–H and O–H groups in total. The van der Waals surface area contributed by atoms with Gasteiger partial charge < -0.3 is 14.9 Å². The normalized spacial score (nSPS) is 17.7. The molecule has 7 heteroatoms. The van der Waals surface area contributed by atoms with Crippen molar-refractivity contribution >= 4 is 23.1 Å². The highest BCUT2D eigenvalue weighted by Crippen LogP contribution is 2.44. The average Bonchev–Trinajstić information content (AvgIpc) is 3.04. The number of aryl methyl sites for hydroxylation is 1. The SMILES string of the molecule is COc1ccc(/C(O)=C2/C(=O)C(=O)N(c3ccccc3O)C2c2ccncc2)c(C)c1. The Kier molecular flexibility index (Phi) is 5.17. The minimum absolute atomic E-state index is 0.0623. The number of carbonyl (C=O) groups is 2. The third-order valence-corrected chi connectivity index (χ3v) is 5.30. The second-order valence-corrected chi connectivity index (χ2v) is 7.12. The molecule has 2 heterocycles. The van der Waals surface area contributed by atoms with Crippen molar-refractivity contribution in [3.63, 3.8) is 0 Å².